The van der Waals surface area contributed by atoms with Crippen LogP contribution in [0.4, 0.5) is 0 Å². The summed E-state index contributed by atoms with van der Waals surface area (Å²) in [6.07, 6.45) is 1.03. The third kappa shape index (κ3) is 3.55. The van der Waals surface area contributed by atoms with Gasteiger partial charge in [0.15, 0.2) is 0 Å². The molecule has 1 saturated heterocycles. The number of esters is 1. The maximum absolute atomic E-state index is 11.8. The highest BCUT2D eigenvalue weighted by Crippen LogP contribution is 2.17. The molecule has 0 spiro atoms. The molecule has 1 atom stereocenters. The molecule has 0 radical (unpaired) electrons. The van der Waals surface area contributed by atoms with E-state index in [0.717, 1.165) is 38.3 Å². The molecule has 0 amide bonds. The number of methoxy groups -OCH3 is 1. The molecule has 1 aliphatic rings. The molecule has 0 aromatic heterocycles. The normalized spacial score (nSPS) is 20.8. The van der Waals surface area contributed by atoms with Crippen LogP contribution in [0.15, 0.2) is 24.3 Å². The molecule has 0 saturated carbocycles. The summed E-state index contributed by atoms with van der Waals surface area (Å²) in [6, 6.07) is 8.10. The molecule has 0 aliphatic carbocycles. The summed E-state index contributed by atoms with van der Waals surface area (Å²) in [5, 5.41) is 0. The minimum absolute atomic E-state index is 0.269. The fraction of sp³-hybridized carbons (Fsp3) is 0.533. The van der Waals surface area contributed by atoms with Crippen LogP contribution >= 0.6 is 0 Å². The van der Waals surface area contributed by atoms with Gasteiger partial charge in [-0.1, -0.05) is 18.2 Å². The van der Waals surface area contributed by atoms with Crippen LogP contribution in [0.25, 0.3) is 0 Å². The lowest BCUT2D eigenvalue weighted by atomic mass is 10.1. The van der Waals surface area contributed by atoms with E-state index in [0.29, 0.717) is 11.6 Å². The Morgan fingerprint density at radius 1 is 1.42 bits per heavy atom. The number of benzene rings is 1. The fourth-order valence-corrected chi connectivity index (χ4v) is 2.36. The summed E-state index contributed by atoms with van der Waals surface area (Å²) in [5.74, 6) is -0.269. The molecule has 4 heteroatoms. The van der Waals surface area contributed by atoms with Crippen molar-refractivity contribution in [2.24, 2.45) is 0 Å². The first-order valence-electron chi connectivity index (χ1n) is 6.70. The van der Waals surface area contributed by atoms with Crippen molar-refractivity contribution in [3.8, 4) is 0 Å². The predicted octanol–water partition coefficient (Wildman–Crippen LogP) is 2.08. The van der Waals surface area contributed by atoms with Crippen molar-refractivity contribution in [3.05, 3.63) is 35.4 Å². The Morgan fingerprint density at radius 3 is 3.00 bits per heavy atom. The SMILES string of the molecule is COC(=O)c1ccccc1CN1CCOCC[C@H]1C. The monoisotopic (exact) mass is 263 g/mol. The van der Waals surface area contributed by atoms with Crippen LogP contribution in [0.3, 0.4) is 0 Å². The van der Waals surface area contributed by atoms with Gasteiger partial charge in [-0.25, -0.2) is 4.79 Å². The van der Waals surface area contributed by atoms with Crippen molar-refractivity contribution in [2.45, 2.75) is 25.9 Å². The lowest BCUT2D eigenvalue weighted by molar-refractivity contribution is 0.0597. The Kier molecular flexibility index (Phi) is 4.93. The molecular weight excluding hydrogens is 242 g/mol. The summed E-state index contributed by atoms with van der Waals surface area (Å²) in [7, 11) is 1.42. The molecule has 1 fully saturated rings. The summed E-state index contributed by atoms with van der Waals surface area (Å²) in [4.78, 5) is 14.1. The van der Waals surface area contributed by atoms with Crippen molar-refractivity contribution in [3.63, 3.8) is 0 Å². The number of ether oxygens (including phenoxy) is 2. The second-order valence-electron chi connectivity index (χ2n) is 4.87. The highest BCUT2D eigenvalue weighted by molar-refractivity contribution is 5.90. The van der Waals surface area contributed by atoms with Crippen molar-refractivity contribution in [1.29, 1.82) is 0 Å². The first-order valence-corrected chi connectivity index (χ1v) is 6.70. The van der Waals surface area contributed by atoms with Crippen LogP contribution in [0.5, 0.6) is 0 Å². The van der Waals surface area contributed by atoms with Gasteiger partial charge in [0, 0.05) is 25.7 Å². The van der Waals surface area contributed by atoms with E-state index in [1.165, 1.54) is 7.11 Å². The van der Waals surface area contributed by atoms with Gasteiger partial charge < -0.3 is 9.47 Å². The number of carbonyl (C=O) groups is 1. The van der Waals surface area contributed by atoms with E-state index < -0.39 is 0 Å². The van der Waals surface area contributed by atoms with E-state index >= 15 is 0 Å². The summed E-state index contributed by atoms with van der Waals surface area (Å²) in [5.41, 5.74) is 1.67. The number of hydrogen-bond donors (Lipinski definition) is 0. The zero-order valence-corrected chi connectivity index (χ0v) is 11.6. The molecule has 2 rings (SSSR count). The molecule has 1 aromatic carbocycles. The molecule has 1 aromatic rings. The van der Waals surface area contributed by atoms with Gasteiger partial charge in [0.25, 0.3) is 0 Å². The minimum atomic E-state index is -0.269. The highest BCUT2D eigenvalue weighted by Gasteiger charge is 2.20. The smallest absolute Gasteiger partial charge is 0.338 e. The molecule has 19 heavy (non-hydrogen) atoms. The van der Waals surface area contributed by atoms with Crippen LogP contribution in [-0.2, 0) is 16.0 Å². The van der Waals surface area contributed by atoms with E-state index in [-0.39, 0.29) is 5.97 Å². The predicted molar refractivity (Wildman–Crippen MR) is 73.1 cm³/mol. The van der Waals surface area contributed by atoms with Gasteiger partial charge in [0.05, 0.1) is 19.3 Å². The molecule has 104 valence electrons. The van der Waals surface area contributed by atoms with E-state index in [4.69, 9.17) is 9.47 Å². The molecule has 1 heterocycles. The third-order valence-electron chi connectivity index (χ3n) is 3.62. The van der Waals surface area contributed by atoms with Gasteiger partial charge in [-0.15, -0.1) is 0 Å². The molecule has 0 bridgehead atoms. The standard InChI is InChI=1S/C15H21NO3/c1-12-7-9-19-10-8-16(12)11-13-5-3-4-6-14(13)15(17)18-2/h3-6,12H,7-11H2,1-2H3/t12-/m1/s1. The van der Waals surface area contributed by atoms with Crippen LogP contribution < -0.4 is 0 Å². The maximum Gasteiger partial charge on any atom is 0.338 e. The van der Waals surface area contributed by atoms with Crippen molar-refractivity contribution >= 4 is 5.97 Å². The Labute approximate surface area is 114 Å². The average molecular weight is 263 g/mol. The summed E-state index contributed by atoms with van der Waals surface area (Å²) >= 11 is 0. The Morgan fingerprint density at radius 2 is 2.21 bits per heavy atom. The van der Waals surface area contributed by atoms with Gasteiger partial charge in [-0.05, 0) is 25.0 Å². The number of carbonyl (C=O) groups excluding carboxylic acids is 1. The van der Waals surface area contributed by atoms with Gasteiger partial charge >= 0.3 is 5.97 Å². The largest absolute Gasteiger partial charge is 0.465 e. The fourth-order valence-electron chi connectivity index (χ4n) is 2.36. The summed E-state index contributed by atoms with van der Waals surface area (Å²) < 4.78 is 10.3. The van der Waals surface area contributed by atoms with E-state index in [2.05, 4.69) is 11.8 Å². The molecule has 1 aliphatic heterocycles. The van der Waals surface area contributed by atoms with Crippen molar-refractivity contribution in [2.75, 3.05) is 26.9 Å². The molecule has 4 nitrogen and oxygen atoms in total. The lowest BCUT2D eigenvalue weighted by Crippen LogP contribution is -2.33. The summed E-state index contributed by atoms with van der Waals surface area (Å²) in [6.45, 7) is 5.43. The average Bonchev–Trinajstić information content (AvgIpc) is 2.64. The Bertz CT molecular complexity index is 433. The number of hydrogen-bond acceptors (Lipinski definition) is 4. The third-order valence-corrected chi connectivity index (χ3v) is 3.62. The van der Waals surface area contributed by atoms with Gasteiger partial charge in [-0.3, -0.25) is 4.90 Å². The van der Waals surface area contributed by atoms with Crippen molar-refractivity contribution < 1.29 is 14.3 Å². The first kappa shape index (κ1) is 14.0. The molecular formula is C15H21NO3. The van der Waals surface area contributed by atoms with E-state index in [9.17, 15) is 4.79 Å². The maximum atomic E-state index is 11.8. The topological polar surface area (TPSA) is 38.8 Å². The van der Waals surface area contributed by atoms with Crippen LogP contribution in [0, 0.1) is 0 Å². The van der Waals surface area contributed by atoms with Gasteiger partial charge in [-0.2, -0.15) is 0 Å². The highest BCUT2D eigenvalue weighted by atomic mass is 16.5. The van der Waals surface area contributed by atoms with E-state index in [1.807, 2.05) is 24.3 Å². The van der Waals surface area contributed by atoms with Crippen LogP contribution in [-0.4, -0.2) is 43.8 Å². The minimum Gasteiger partial charge on any atom is -0.465 e. The van der Waals surface area contributed by atoms with Crippen LogP contribution in [0.1, 0.15) is 29.3 Å². The number of nitrogens with zero attached hydrogens (tertiary/aromatic N) is 1. The van der Waals surface area contributed by atoms with Gasteiger partial charge in [0.1, 0.15) is 0 Å². The zero-order valence-electron chi connectivity index (χ0n) is 11.6. The Balaban J connectivity index is 2.15. The second-order valence-corrected chi connectivity index (χ2v) is 4.87. The van der Waals surface area contributed by atoms with E-state index in [1.54, 1.807) is 0 Å². The van der Waals surface area contributed by atoms with Gasteiger partial charge in [0.2, 0.25) is 0 Å². The molecule has 0 N–H and O–H groups in total. The van der Waals surface area contributed by atoms with Crippen molar-refractivity contribution in [1.82, 2.24) is 4.90 Å². The molecule has 0 unspecified atom stereocenters. The van der Waals surface area contributed by atoms with Crippen LogP contribution in [0.2, 0.25) is 0 Å². The zero-order chi connectivity index (χ0) is 13.7. The quantitative estimate of drug-likeness (QED) is 0.783. The second kappa shape index (κ2) is 6.68. The first-order chi connectivity index (χ1) is 9.22. The Hall–Kier alpha value is -1.39. The number of rotatable bonds is 3. The lowest BCUT2D eigenvalue weighted by Gasteiger charge is -2.26.